The molecule has 1 N–H and O–H groups in total. The highest BCUT2D eigenvalue weighted by Crippen LogP contribution is 2.24. The number of esters is 1. The molecule has 1 rings (SSSR count). The molecule has 0 aliphatic heterocycles. The summed E-state index contributed by atoms with van der Waals surface area (Å²) in [5.41, 5.74) is 0.0505. The topological polar surface area (TPSA) is 94.6 Å². The molecule has 0 bridgehead atoms. The second-order valence-electron chi connectivity index (χ2n) is 6.76. The van der Waals surface area contributed by atoms with Crippen molar-refractivity contribution in [1.29, 1.82) is 0 Å². The van der Waals surface area contributed by atoms with Gasteiger partial charge in [-0.05, 0) is 45.7 Å². The molecule has 27 heavy (non-hydrogen) atoms. The number of hydrogen-bond acceptors (Lipinski definition) is 7. The van der Waals surface area contributed by atoms with Crippen LogP contribution in [0.1, 0.15) is 40.2 Å². The molecule has 0 aromatic carbocycles. The maximum atomic E-state index is 12.1. The van der Waals surface area contributed by atoms with Gasteiger partial charge in [0.25, 0.3) is 0 Å². The molecule has 0 aliphatic rings. The first-order valence-corrected chi connectivity index (χ1v) is 9.82. The van der Waals surface area contributed by atoms with E-state index in [0.29, 0.717) is 17.7 Å². The van der Waals surface area contributed by atoms with E-state index in [0.717, 1.165) is 11.8 Å². The van der Waals surface area contributed by atoms with Crippen molar-refractivity contribution in [2.45, 2.75) is 46.6 Å². The molecule has 1 aromatic rings. The molecule has 1 heterocycles. The summed E-state index contributed by atoms with van der Waals surface area (Å²) in [6.07, 6.45) is 1.17. The lowest BCUT2D eigenvalue weighted by Crippen LogP contribution is -2.27. The Hall–Kier alpha value is -1.80. The van der Waals surface area contributed by atoms with Crippen LogP contribution in [0, 0.1) is 5.92 Å². The number of carbonyl (C=O) groups excluding carboxylic acids is 3. The number of carbonyl (C=O) groups is 3. The zero-order valence-electron chi connectivity index (χ0n) is 16.1. The van der Waals surface area contributed by atoms with Gasteiger partial charge in [0.05, 0.1) is 17.5 Å². The molecule has 7 nitrogen and oxygen atoms in total. The Bertz CT molecular complexity index is 691. The van der Waals surface area contributed by atoms with Crippen LogP contribution in [0.3, 0.4) is 0 Å². The molecule has 1 aromatic heterocycles. The van der Waals surface area contributed by atoms with Gasteiger partial charge >= 0.3 is 12.1 Å². The third kappa shape index (κ3) is 9.10. The smallest absolute Gasteiger partial charge is 0.413 e. The van der Waals surface area contributed by atoms with Crippen molar-refractivity contribution in [2.75, 3.05) is 17.7 Å². The van der Waals surface area contributed by atoms with Crippen molar-refractivity contribution in [1.82, 2.24) is 4.98 Å². The summed E-state index contributed by atoms with van der Waals surface area (Å²) in [5.74, 6) is -0.399. The van der Waals surface area contributed by atoms with E-state index in [1.807, 2.05) is 0 Å². The number of hydrogen-bond donors (Lipinski definition) is 1. The second-order valence-corrected chi connectivity index (χ2v) is 8.36. The average molecular weight is 417 g/mol. The maximum absolute atomic E-state index is 12.1. The predicted octanol–water partition coefficient (Wildman–Crippen LogP) is 4.08. The molecule has 0 spiro atoms. The van der Waals surface area contributed by atoms with E-state index >= 15 is 0 Å². The van der Waals surface area contributed by atoms with Crippen molar-refractivity contribution < 1.29 is 23.9 Å². The molecule has 0 aliphatic carbocycles. The second kappa shape index (κ2) is 10.5. The normalized spacial score (nSPS) is 12.2. The van der Waals surface area contributed by atoms with Crippen molar-refractivity contribution in [3.63, 3.8) is 0 Å². The van der Waals surface area contributed by atoms with Crippen LogP contribution in [0.4, 0.5) is 10.6 Å². The number of anilines is 1. The summed E-state index contributed by atoms with van der Waals surface area (Å²) in [7, 11) is 0. The maximum Gasteiger partial charge on any atom is 0.413 e. The van der Waals surface area contributed by atoms with Gasteiger partial charge in [-0.3, -0.25) is 14.9 Å². The zero-order chi connectivity index (χ0) is 20.6. The van der Waals surface area contributed by atoms with Gasteiger partial charge in [0.15, 0.2) is 10.9 Å². The number of nitrogens with zero attached hydrogens (tertiary/aromatic N) is 1. The van der Waals surface area contributed by atoms with E-state index in [2.05, 4.69) is 10.3 Å². The monoisotopic (exact) mass is 416 g/mol. The van der Waals surface area contributed by atoms with Crippen LogP contribution in [-0.4, -0.2) is 40.1 Å². The quantitative estimate of drug-likeness (QED) is 0.669. The Balaban J connectivity index is 2.84. The molecular weight excluding hydrogens is 392 g/mol. The number of ether oxygens (including phenoxy) is 2. The standard InChI is InChI=1S/C18H25ClN2O5S/c1-6-25-16(23)13(10-27-11(2)22)7-12-8-14(19)15(20-9-12)21-17(24)26-18(3,4)5/h8-9,13H,6-7,10H2,1-5H3,(H,20,21,24). The molecule has 150 valence electrons. The van der Waals surface area contributed by atoms with Gasteiger partial charge in [-0.1, -0.05) is 23.4 Å². The summed E-state index contributed by atoms with van der Waals surface area (Å²) < 4.78 is 10.2. The van der Waals surface area contributed by atoms with E-state index in [4.69, 9.17) is 21.1 Å². The SMILES string of the molecule is CCOC(=O)C(CSC(C)=O)Cc1cnc(NC(=O)OC(C)(C)C)c(Cl)c1. The lowest BCUT2D eigenvalue weighted by Gasteiger charge is -2.20. The molecule has 0 saturated heterocycles. The Morgan fingerprint density at radius 2 is 2.00 bits per heavy atom. The molecule has 1 unspecified atom stereocenters. The number of pyridine rings is 1. The highest BCUT2D eigenvalue weighted by Gasteiger charge is 2.22. The highest BCUT2D eigenvalue weighted by molar-refractivity contribution is 8.13. The van der Waals surface area contributed by atoms with Crippen LogP contribution in [-0.2, 0) is 25.5 Å². The third-order valence-electron chi connectivity index (χ3n) is 3.11. The van der Waals surface area contributed by atoms with E-state index in [-0.39, 0.29) is 28.5 Å². The minimum absolute atomic E-state index is 0.0719. The molecule has 0 fully saturated rings. The van der Waals surface area contributed by atoms with Crippen LogP contribution in [0.25, 0.3) is 0 Å². The van der Waals surface area contributed by atoms with Crippen LogP contribution in [0.5, 0.6) is 0 Å². The van der Waals surface area contributed by atoms with Gasteiger partial charge in [-0.15, -0.1) is 0 Å². The van der Waals surface area contributed by atoms with Crippen molar-refractivity contribution in [3.05, 3.63) is 22.8 Å². The van der Waals surface area contributed by atoms with Crippen molar-refractivity contribution in [2.24, 2.45) is 5.92 Å². The fourth-order valence-electron chi connectivity index (χ4n) is 2.05. The van der Waals surface area contributed by atoms with E-state index in [1.54, 1.807) is 33.8 Å². The first-order valence-electron chi connectivity index (χ1n) is 8.46. The van der Waals surface area contributed by atoms with E-state index in [9.17, 15) is 14.4 Å². The number of aromatic nitrogens is 1. The van der Waals surface area contributed by atoms with Gasteiger partial charge in [0.2, 0.25) is 0 Å². The third-order valence-corrected chi connectivity index (χ3v) is 4.37. The zero-order valence-corrected chi connectivity index (χ0v) is 17.7. The summed E-state index contributed by atoms with van der Waals surface area (Å²) in [4.78, 5) is 39.3. The molecule has 1 amide bonds. The Labute approximate surface area is 168 Å². The number of rotatable bonds is 7. The number of halogens is 1. The predicted molar refractivity (Wildman–Crippen MR) is 106 cm³/mol. The van der Waals surface area contributed by atoms with Crippen molar-refractivity contribution >= 4 is 46.4 Å². The van der Waals surface area contributed by atoms with Gasteiger partial charge in [0, 0.05) is 18.9 Å². The molecule has 0 saturated carbocycles. The minimum Gasteiger partial charge on any atom is -0.466 e. The van der Waals surface area contributed by atoms with Gasteiger partial charge in [-0.2, -0.15) is 0 Å². The average Bonchev–Trinajstić information content (AvgIpc) is 2.52. The molecular formula is C18H25ClN2O5S. The fraction of sp³-hybridized carbons (Fsp3) is 0.556. The Morgan fingerprint density at radius 1 is 1.33 bits per heavy atom. The summed E-state index contributed by atoms with van der Waals surface area (Å²) in [5, 5.41) is 2.64. The van der Waals surface area contributed by atoms with Gasteiger partial charge < -0.3 is 9.47 Å². The lowest BCUT2D eigenvalue weighted by atomic mass is 10.0. The van der Waals surface area contributed by atoms with Gasteiger partial charge in [-0.25, -0.2) is 9.78 Å². The molecule has 9 heteroatoms. The van der Waals surface area contributed by atoms with Crippen LogP contribution >= 0.6 is 23.4 Å². The van der Waals surface area contributed by atoms with E-state index in [1.165, 1.54) is 13.1 Å². The highest BCUT2D eigenvalue weighted by atomic mass is 35.5. The van der Waals surface area contributed by atoms with Gasteiger partial charge in [0.1, 0.15) is 5.60 Å². The van der Waals surface area contributed by atoms with Crippen LogP contribution < -0.4 is 5.32 Å². The number of amides is 1. The lowest BCUT2D eigenvalue weighted by molar-refractivity contribution is -0.147. The number of thioether (sulfide) groups is 1. The fourth-order valence-corrected chi connectivity index (χ4v) is 2.98. The Kier molecular flexibility index (Phi) is 9.05. The van der Waals surface area contributed by atoms with E-state index < -0.39 is 17.6 Å². The largest absolute Gasteiger partial charge is 0.466 e. The molecule has 1 atom stereocenters. The first kappa shape index (κ1) is 23.2. The number of nitrogens with one attached hydrogen (secondary N) is 1. The summed E-state index contributed by atoms with van der Waals surface area (Å²) in [6, 6.07) is 1.62. The Morgan fingerprint density at radius 3 is 2.52 bits per heavy atom. The van der Waals surface area contributed by atoms with Crippen LogP contribution in [0.2, 0.25) is 5.02 Å². The minimum atomic E-state index is -0.660. The summed E-state index contributed by atoms with van der Waals surface area (Å²) >= 11 is 7.26. The first-order chi connectivity index (χ1) is 12.5. The molecule has 0 radical (unpaired) electrons. The summed E-state index contributed by atoms with van der Waals surface area (Å²) in [6.45, 7) is 8.68. The van der Waals surface area contributed by atoms with Crippen LogP contribution in [0.15, 0.2) is 12.3 Å². The van der Waals surface area contributed by atoms with Crippen molar-refractivity contribution in [3.8, 4) is 0 Å².